The molecule has 2 aliphatic carbocycles. The number of esters is 1. The van der Waals surface area contributed by atoms with E-state index in [9.17, 15) is 46.6 Å². The number of rotatable bonds is 11. The van der Waals surface area contributed by atoms with Crippen molar-refractivity contribution in [1.82, 2.24) is 19.7 Å². The Morgan fingerprint density at radius 3 is 2.38 bits per heavy atom. The predicted octanol–water partition coefficient (Wildman–Crippen LogP) is 12.8. The number of aromatic amines is 1. The van der Waals surface area contributed by atoms with Crippen LogP contribution in [-0.4, -0.2) is 154 Å². The zero-order chi connectivity index (χ0) is 71.1. The molecule has 99 heavy (non-hydrogen) atoms. The summed E-state index contributed by atoms with van der Waals surface area (Å²) in [5.74, 6) is -0.343. The molecule has 1 spiro atoms. The summed E-state index contributed by atoms with van der Waals surface area (Å²) in [6.07, 6.45) is 10.4. The highest BCUT2D eigenvalue weighted by molar-refractivity contribution is 7.99. The Morgan fingerprint density at radius 2 is 1.71 bits per heavy atom. The summed E-state index contributed by atoms with van der Waals surface area (Å²) in [6, 6.07) is 19.1. The first kappa shape index (κ1) is 74.9. The van der Waals surface area contributed by atoms with E-state index in [4.69, 9.17) is 38.3 Å². The van der Waals surface area contributed by atoms with Gasteiger partial charge in [-0.3, -0.25) is 10.1 Å². The number of thioether (sulfide) groups is 1. The van der Waals surface area contributed by atoms with Gasteiger partial charge in [-0.15, -0.1) is 11.8 Å². The molecule has 2 bridgehead atoms. The second-order valence-corrected chi connectivity index (χ2v) is 29.6. The second kappa shape index (κ2) is 32.1. The number of primary sulfonamides is 1. The highest BCUT2D eigenvalue weighted by Gasteiger charge is 2.60. The standard InChI is InChI=1S/C43H63NO11.C17H14F3N3O2S.C12H15N3O2S/c1-24-11-10-14-30-23-50-40-36(44-48)27(4)19-33(43(30,40)47)41(46)52-32-20-31(16-15-25(2)38(24)53-35-21-34(49-6)37(45)28(5)51-35)54-42(22-32)18-17-26(3)39(55-42)29-12-8-7-9-13-29;1-11-2-4-12(5-3-11)15-10-16(17(18,19)20)22-23(15)13-6-8-14(9-7-13)26(21,24)25;1-3-6-18-8-4-5-9-10(7-8)14-11(13-9)15-12(16)17-2/h10-11,14-15,19,24,26,28-29,31-35,37-40,45,47-48H,7-9,12-13,16-18,20-23H2,1-6H3;2-10H,1H3,(H2,21,24,25);4-5,7H,3,6H2,1-2H3,(H2,13,14,15,16)/b11-10+,25-15+,30-14+,44-36-;;/t24-,26-,28-,31+,32-,33-,34-,35-,37-,38-,39-,40+,42+,43+;;/m0../s1. The number of anilines is 1. The van der Waals surface area contributed by atoms with Crippen LogP contribution in [0.15, 0.2) is 135 Å². The van der Waals surface area contributed by atoms with Crippen molar-refractivity contribution < 1.29 is 84.5 Å². The van der Waals surface area contributed by atoms with Gasteiger partial charge >= 0.3 is 18.2 Å². The van der Waals surface area contributed by atoms with Crippen molar-refractivity contribution in [2.75, 3.05) is 31.9 Å². The number of carbonyl (C=O) groups excluding carboxylic acids is 2. The zero-order valence-corrected chi connectivity index (χ0v) is 58.9. The number of H-pyrrole nitrogens is 1. The Hall–Kier alpha value is -6.76. The first-order valence-corrected chi connectivity index (χ1v) is 36.4. The number of hydrogen-bond donors (Lipinski definition) is 6. The number of carbonyl (C=O) groups is 2. The number of nitrogens with two attached hydrogens (primary N) is 1. The molecule has 27 heteroatoms. The number of nitrogens with zero attached hydrogens (tertiary/aromatic N) is 4. The maximum Gasteiger partial charge on any atom is 0.435 e. The van der Waals surface area contributed by atoms with E-state index in [0.29, 0.717) is 66.6 Å². The van der Waals surface area contributed by atoms with E-state index in [2.05, 4.69) is 64.0 Å². The number of nitrogens with one attached hydrogen (secondary N) is 2. The van der Waals surface area contributed by atoms with Crippen molar-refractivity contribution in [2.45, 2.75) is 208 Å². The van der Waals surface area contributed by atoms with Crippen LogP contribution < -0.4 is 10.5 Å². The number of allylic oxidation sites excluding steroid dienone is 2. The summed E-state index contributed by atoms with van der Waals surface area (Å²) in [5.41, 5.74) is 3.08. The summed E-state index contributed by atoms with van der Waals surface area (Å²) in [7, 11) is -0.993. The average molecular weight is 1420 g/mol. The van der Waals surface area contributed by atoms with Crippen molar-refractivity contribution in [1.29, 1.82) is 0 Å². The normalized spacial score (nSPS) is 31.8. The van der Waals surface area contributed by atoms with Crippen LogP contribution in [0.4, 0.5) is 23.9 Å². The smallest absolute Gasteiger partial charge is 0.435 e. The summed E-state index contributed by atoms with van der Waals surface area (Å²) in [5, 5.41) is 47.9. The fourth-order valence-electron chi connectivity index (χ4n) is 14.3. The minimum atomic E-state index is -4.61. The number of sulfonamides is 1. The van der Waals surface area contributed by atoms with Crippen molar-refractivity contribution in [3.63, 3.8) is 0 Å². The van der Waals surface area contributed by atoms with Gasteiger partial charge < -0.3 is 58.3 Å². The molecular weight excluding hydrogens is 1320 g/mol. The summed E-state index contributed by atoms with van der Waals surface area (Å²) < 4.78 is 113. The van der Waals surface area contributed by atoms with Crippen LogP contribution in [-0.2, 0) is 58.9 Å². The molecule has 0 radical (unpaired) electrons. The molecule has 1 amide bonds. The molecule has 5 fully saturated rings. The number of oxime groups is 1. The number of aliphatic hydroxyl groups is 2. The van der Waals surface area contributed by atoms with Gasteiger partial charge in [0.05, 0.1) is 71.5 Å². The average Bonchev–Trinajstić information content (AvgIpc) is 1.64. The van der Waals surface area contributed by atoms with Crippen LogP contribution in [0.25, 0.3) is 28.0 Å². The second-order valence-electron chi connectivity index (χ2n) is 26.9. The fraction of sp³-hybridized carbons (Fsp3) is 0.542. The number of ether oxygens (including phenoxy) is 8. The SMILES string of the molecule is CCCSc1ccc2nc(NC(=O)OC)[nH]c2c1.CO[C@H]1C[C@H](O[C@@H]2/C(C)=C/C[C@@H]3C[C@@H](C[C@]4(CC[C@H](C)[C@@H](C5CCCCC5)O4)O3)OC(=O)[C@@H]3C=C(C)/C(=N/O)[C@H]4OC/C(=C\C=C\[C@@H]2C)[C@]43O)O[C@@H](C)[C@@H]1O.Cc1ccc(-c2cc(C(F)(F)F)nn2-c2ccc(S(N)(=O)=O)cc2)cc1. The predicted molar refractivity (Wildman–Crippen MR) is 366 cm³/mol. The lowest BCUT2D eigenvalue weighted by Crippen LogP contribution is -2.57. The van der Waals surface area contributed by atoms with E-state index in [-0.39, 0.29) is 46.7 Å². The molecule has 7 heterocycles. The minimum absolute atomic E-state index is 0.0359. The van der Waals surface area contributed by atoms with E-state index in [0.717, 1.165) is 64.4 Å². The lowest BCUT2D eigenvalue weighted by Gasteiger charge is -2.51. The van der Waals surface area contributed by atoms with Gasteiger partial charge in [0, 0.05) is 49.2 Å². The molecule has 12 rings (SSSR count). The van der Waals surface area contributed by atoms with Crippen LogP contribution in [0.5, 0.6) is 0 Å². The number of hydrogen-bond acceptors (Lipinski definition) is 19. The van der Waals surface area contributed by atoms with Gasteiger partial charge in [-0.05, 0) is 143 Å². The quantitative estimate of drug-likeness (QED) is 0.0235. The van der Waals surface area contributed by atoms with Gasteiger partial charge in [0.1, 0.15) is 35.5 Å². The molecule has 1 saturated carbocycles. The third-order valence-corrected chi connectivity index (χ3v) is 21.8. The van der Waals surface area contributed by atoms with Gasteiger partial charge in [0.15, 0.2) is 17.8 Å². The third kappa shape index (κ3) is 17.6. The van der Waals surface area contributed by atoms with Gasteiger partial charge in [0.2, 0.25) is 16.0 Å². The Labute approximate surface area is 580 Å². The number of aromatic nitrogens is 4. The van der Waals surface area contributed by atoms with Gasteiger partial charge in [-0.2, -0.15) is 18.3 Å². The maximum absolute atomic E-state index is 14.4. The maximum atomic E-state index is 14.4. The summed E-state index contributed by atoms with van der Waals surface area (Å²) in [4.78, 5) is 33.8. The number of benzene rings is 3. The van der Waals surface area contributed by atoms with E-state index in [1.54, 1.807) is 62.2 Å². The Morgan fingerprint density at radius 1 is 0.970 bits per heavy atom. The minimum Gasteiger partial charge on any atom is -0.462 e. The van der Waals surface area contributed by atoms with Crippen molar-refractivity contribution in [3.8, 4) is 16.9 Å². The van der Waals surface area contributed by atoms with Crippen molar-refractivity contribution in [2.24, 2.45) is 34.0 Å². The number of alkyl halides is 3. The van der Waals surface area contributed by atoms with Crippen LogP contribution in [0.2, 0.25) is 0 Å². The Kier molecular flexibility index (Phi) is 24.3. The topological polar surface area (TPSA) is 300 Å². The number of amides is 1. The lowest BCUT2D eigenvalue weighted by molar-refractivity contribution is -0.342. The number of aliphatic hydroxyl groups excluding tert-OH is 1. The van der Waals surface area contributed by atoms with Crippen molar-refractivity contribution >= 4 is 56.5 Å². The van der Waals surface area contributed by atoms with E-state index >= 15 is 0 Å². The number of imidazole rings is 1. The summed E-state index contributed by atoms with van der Waals surface area (Å²) >= 11 is 1.80. The largest absolute Gasteiger partial charge is 0.462 e. The first-order valence-electron chi connectivity index (χ1n) is 33.9. The van der Waals surface area contributed by atoms with Crippen LogP contribution in [0.3, 0.4) is 0 Å². The van der Waals surface area contributed by atoms with E-state index in [1.165, 1.54) is 55.5 Å². The number of methoxy groups -OCH3 is 2. The van der Waals surface area contributed by atoms with Crippen LogP contribution >= 0.6 is 11.8 Å². The molecule has 538 valence electrons. The van der Waals surface area contributed by atoms with E-state index in [1.807, 2.05) is 44.2 Å². The van der Waals surface area contributed by atoms with Crippen molar-refractivity contribution in [3.05, 3.63) is 131 Å². The fourth-order valence-corrected chi connectivity index (χ4v) is 15.6. The van der Waals surface area contributed by atoms with Crippen LogP contribution in [0.1, 0.15) is 130 Å². The lowest BCUT2D eigenvalue weighted by atomic mass is 9.71. The number of halogens is 3. The molecule has 5 aromatic rings. The molecule has 4 saturated heterocycles. The number of fused-ring (bicyclic) bond motifs is 3. The first-order chi connectivity index (χ1) is 47.1. The Balaban J connectivity index is 0.000000197. The van der Waals surface area contributed by atoms with Gasteiger partial charge in [0.25, 0.3) is 0 Å². The molecule has 22 nitrogen and oxygen atoms in total. The highest BCUT2D eigenvalue weighted by Crippen LogP contribution is 2.49. The molecule has 3 aromatic carbocycles. The zero-order valence-electron chi connectivity index (χ0n) is 57.3. The van der Waals surface area contributed by atoms with Crippen LogP contribution in [0, 0.1) is 30.6 Å². The molecular formula is C72H92F3N7O15S2. The molecule has 2 aromatic heterocycles. The molecule has 0 unspecified atom stereocenters. The Bertz CT molecular complexity index is 3910. The van der Waals surface area contributed by atoms with Gasteiger partial charge in [-0.1, -0.05) is 105 Å². The molecule has 7 aliphatic rings. The summed E-state index contributed by atoms with van der Waals surface area (Å²) in [6.45, 7) is 14.0. The number of aryl methyl sites for hydroxylation is 1. The van der Waals surface area contributed by atoms with E-state index < -0.39 is 94.2 Å². The van der Waals surface area contributed by atoms with Gasteiger partial charge in [-0.25, -0.2) is 28.0 Å². The molecule has 5 aliphatic heterocycles. The third-order valence-electron chi connectivity index (χ3n) is 19.6. The monoisotopic (exact) mass is 1420 g/mol. The molecule has 14 atom stereocenters. The highest BCUT2D eigenvalue weighted by atomic mass is 32.2. The molecule has 7 N–H and O–H groups in total.